The third-order valence-electron chi connectivity index (χ3n) is 5.91. The van der Waals surface area contributed by atoms with Crippen molar-refractivity contribution in [2.75, 3.05) is 6.54 Å². The number of hydrogen-bond acceptors (Lipinski definition) is 6. The minimum atomic E-state index is -0.327. The van der Waals surface area contributed by atoms with E-state index in [9.17, 15) is 14.4 Å². The number of para-hydroxylation sites is 1. The molecule has 156 valence electrons. The topological polar surface area (TPSA) is 78.3 Å². The summed E-state index contributed by atoms with van der Waals surface area (Å²) < 4.78 is 19.1. The molecule has 0 spiro atoms. The van der Waals surface area contributed by atoms with Gasteiger partial charge in [-0.15, -0.1) is 11.3 Å². The molecule has 1 aromatic heterocycles. The Morgan fingerprint density at radius 3 is 2.81 bits per heavy atom. The van der Waals surface area contributed by atoms with Crippen LogP contribution in [0.4, 0.5) is 4.39 Å². The van der Waals surface area contributed by atoms with Gasteiger partial charge in [0.1, 0.15) is 17.3 Å². The quantitative estimate of drug-likeness (QED) is 0.602. The average Bonchev–Trinajstić information content (AvgIpc) is 3.51. The summed E-state index contributed by atoms with van der Waals surface area (Å²) in [4.78, 5) is 19.7. The number of fused-ring (bicyclic) bond motifs is 2. The zero-order valence-corrected chi connectivity index (χ0v) is 17.3. The third kappa shape index (κ3) is 3.73. The zero-order chi connectivity index (χ0) is 21.4. The Morgan fingerprint density at radius 2 is 2.03 bits per heavy atom. The van der Waals surface area contributed by atoms with E-state index in [0.29, 0.717) is 29.0 Å². The Bertz CT molecular complexity index is 1160. The van der Waals surface area contributed by atoms with Crippen molar-refractivity contribution in [2.45, 2.75) is 24.9 Å². The van der Waals surface area contributed by atoms with Crippen LogP contribution in [0, 0.1) is 23.2 Å². The number of nitrogens with zero attached hydrogens (tertiary/aromatic N) is 3. The Morgan fingerprint density at radius 1 is 1.23 bits per heavy atom. The number of hydrogen-bond donors (Lipinski definition) is 1. The number of thiazole rings is 1. The predicted octanol–water partition coefficient (Wildman–Crippen LogP) is 4.42. The molecule has 0 radical (unpaired) electrons. The first-order valence-corrected chi connectivity index (χ1v) is 10.9. The van der Waals surface area contributed by atoms with E-state index in [1.54, 1.807) is 23.2 Å². The largest absolute Gasteiger partial charge is 0.457 e. The maximum absolute atomic E-state index is 13.2. The fourth-order valence-electron chi connectivity index (χ4n) is 4.44. The van der Waals surface area contributed by atoms with Crippen LogP contribution >= 0.6 is 11.3 Å². The van der Waals surface area contributed by atoms with E-state index in [2.05, 4.69) is 16.5 Å². The van der Waals surface area contributed by atoms with Crippen LogP contribution in [0.25, 0.3) is 10.4 Å². The molecule has 3 atom stereocenters. The van der Waals surface area contributed by atoms with Crippen LogP contribution in [0.5, 0.6) is 11.5 Å². The van der Waals surface area contributed by atoms with Gasteiger partial charge in [-0.05, 0) is 55.2 Å². The first kappa shape index (κ1) is 19.5. The molecule has 2 aromatic carbocycles. The molecule has 1 aliphatic heterocycles. The summed E-state index contributed by atoms with van der Waals surface area (Å²) in [6.45, 7) is 0.712. The number of nitrogens with one attached hydrogen (secondary N) is 1. The van der Waals surface area contributed by atoms with Gasteiger partial charge in [-0.3, -0.25) is 4.79 Å². The summed E-state index contributed by atoms with van der Waals surface area (Å²) in [5, 5.41) is 12.7. The number of piperidine rings is 1. The molecule has 1 aliphatic carbocycles. The predicted molar refractivity (Wildman–Crippen MR) is 114 cm³/mol. The van der Waals surface area contributed by atoms with Crippen LogP contribution in [-0.2, 0) is 0 Å². The molecule has 1 saturated carbocycles. The van der Waals surface area contributed by atoms with E-state index >= 15 is 0 Å². The van der Waals surface area contributed by atoms with Gasteiger partial charge in [0.15, 0.2) is 11.2 Å². The molecular formula is C23H19FN4O2S. The minimum absolute atomic E-state index is 0.00593. The molecule has 3 aromatic rings. The van der Waals surface area contributed by atoms with Crippen molar-refractivity contribution in [1.29, 1.82) is 5.26 Å². The van der Waals surface area contributed by atoms with E-state index in [0.717, 1.165) is 23.3 Å². The number of nitriles is 1. The molecule has 1 amide bonds. The molecule has 31 heavy (non-hydrogen) atoms. The van der Waals surface area contributed by atoms with Crippen molar-refractivity contribution in [1.82, 2.24) is 15.2 Å². The molecule has 1 N–H and O–H groups in total. The molecule has 6 nitrogen and oxygen atoms in total. The smallest absolute Gasteiger partial charge is 0.280 e. The van der Waals surface area contributed by atoms with E-state index in [4.69, 9.17) is 4.74 Å². The summed E-state index contributed by atoms with van der Waals surface area (Å²) in [5.41, 5.74) is 0.806. The zero-order valence-electron chi connectivity index (χ0n) is 16.5. The van der Waals surface area contributed by atoms with E-state index in [1.807, 2.05) is 24.3 Å². The number of carbonyl (C=O) groups is 1. The maximum Gasteiger partial charge on any atom is 0.280 e. The van der Waals surface area contributed by atoms with Crippen molar-refractivity contribution >= 4 is 17.2 Å². The highest BCUT2D eigenvalue weighted by molar-refractivity contribution is 7.17. The lowest BCUT2D eigenvalue weighted by atomic mass is 10.1. The highest BCUT2D eigenvalue weighted by Crippen LogP contribution is 2.39. The highest BCUT2D eigenvalue weighted by Gasteiger charge is 2.47. The Hall–Kier alpha value is -3.44. The number of aromatic nitrogens is 1. The Labute approximate surface area is 182 Å². The fraction of sp³-hybridized carbons (Fsp3) is 0.261. The Kier molecular flexibility index (Phi) is 5.04. The van der Waals surface area contributed by atoms with Crippen LogP contribution in [0.3, 0.4) is 0 Å². The van der Waals surface area contributed by atoms with Crippen LogP contribution in [0.2, 0.25) is 0 Å². The number of amides is 1. The summed E-state index contributed by atoms with van der Waals surface area (Å²) in [5.74, 6) is 0.901. The SMILES string of the molecule is N#CN1CC2CCC1[C@@H]2NC(=O)c1ncc(-c2ccccc2Oc2ccc(F)cc2)s1. The lowest BCUT2D eigenvalue weighted by molar-refractivity contribution is 0.0929. The summed E-state index contributed by atoms with van der Waals surface area (Å²) in [6.07, 6.45) is 5.86. The lowest BCUT2D eigenvalue weighted by Gasteiger charge is -2.21. The van der Waals surface area contributed by atoms with Crippen LogP contribution in [0.1, 0.15) is 22.6 Å². The fourth-order valence-corrected chi connectivity index (χ4v) is 5.28. The standard InChI is InChI=1S/C23H19FN4O2S/c24-15-6-8-16(9-7-15)30-19-4-2-1-3-17(19)20-11-26-23(31-20)22(29)27-21-14-5-10-18(21)28(12-14)13-25/h1-4,6-9,11,14,18,21H,5,10,12H2,(H,27,29)/t14?,18?,21-/m1/s1. The first-order chi connectivity index (χ1) is 15.1. The normalized spacial score (nSPS) is 21.7. The van der Waals surface area contributed by atoms with Crippen molar-refractivity contribution in [2.24, 2.45) is 5.92 Å². The van der Waals surface area contributed by atoms with Gasteiger partial charge >= 0.3 is 0 Å². The number of ether oxygens (including phenoxy) is 1. The third-order valence-corrected chi connectivity index (χ3v) is 6.94. The van der Waals surface area contributed by atoms with Gasteiger partial charge in [0.05, 0.1) is 17.0 Å². The summed E-state index contributed by atoms with van der Waals surface area (Å²) >= 11 is 1.29. The highest BCUT2D eigenvalue weighted by atomic mass is 32.1. The number of benzene rings is 2. The molecule has 5 rings (SSSR count). The molecule has 8 heteroatoms. The van der Waals surface area contributed by atoms with Crippen molar-refractivity contribution < 1.29 is 13.9 Å². The van der Waals surface area contributed by atoms with E-state index in [-0.39, 0.29) is 23.8 Å². The second kappa shape index (κ2) is 8.00. The van der Waals surface area contributed by atoms with Gasteiger partial charge in [0, 0.05) is 18.3 Å². The summed E-state index contributed by atoms with van der Waals surface area (Å²) in [7, 11) is 0. The van der Waals surface area contributed by atoms with E-state index < -0.39 is 0 Å². The number of halogens is 1. The number of likely N-dealkylation sites (tertiary alicyclic amines) is 1. The molecule has 1 saturated heterocycles. The van der Waals surface area contributed by atoms with Crippen LogP contribution < -0.4 is 10.1 Å². The molecular weight excluding hydrogens is 415 g/mol. The molecule has 2 aliphatic rings. The maximum atomic E-state index is 13.2. The van der Waals surface area contributed by atoms with Crippen LogP contribution in [0.15, 0.2) is 54.7 Å². The molecule has 2 bridgehead atoms. The first-order valence-electron chi connectivity index (χ1n) is 10.1. The van der Waals surface area contributed by atoms with Gasteiger partial charge in [-0.2, -0.15) is 5.26 Å². The van der Waals surface area contributed by atoms with E-state index in [1.165, 1.54) is 23.5 Å². The monoisotopic (exact) mass is 434 g/mol. The van der Waals surface area contributed by atoms with Crippen LogP contribution in [-0.4, -0.2) is 34.4 Å². The van der Waals surface area contributed by atoms with Gasteiger partial charge in [-0.1, -0.05) is 12.1 Å². The van der Waals surface area contributed by atoms with Gasteiger partial charge in [-0.25, -0.2) is 9.37 Å². The van der Waals surface area contributed by atoms with Gasteiger partial charge in [0.25, 0.3) is 5.91 Å². The minimum Gasteiger partial charge on any atom is -0.457 e. The molecule has 2 unspecified atom stereocenters. The van der Waals surface area contributed by atoms with Gasteiger partial charge < -0.3 is 15.0 Å². The average molecular weight is 434 g/mol. The number of carbonyl (C=O) groups excluding carboxylic acids is 1. The van der Waals surface area contributed by atoms with Crippen molar-refractivity contribution in [3.63, 3.8) is 0 Å². The molecule has 2 fully saturated rings. The second-order valence-corrected chi connectivity index (χ2v) is 8.77. The van der Waals surface area contributed by atoms with Crippen molar-refractivity contribution in [3.8, 4) is 28.1 Å². The Balaban J connectivity index is 1.34. The second-order valence-electron chi connectivity index (χ2n) is 7.74. The van der Waals surface area contributed by atoms with Gasteiger partial charge in [0.2, 0.25) is 0 Å². The number of rotatable bonds is 5. The van der Waals surface area contributed by atoms with Crippen molar-refractivity contribution in [3.05, 3.63) is 65.6 Å². The molecule has 2 heterocycles. The lowest BCUT2D eigenvalue weighted by Crippen LogP contribution is -2.42. The summed E-state index contributed by atoms with van der Waals surface area (Å²) in [6, 6.07) is 13.4.